The largest absolute Gasteiger partial charge is 0.493 e. The Morgan fingerprint density at radius 3 is 1.66 bits per heavy atom. The van der Waals surface area contributed by atoms with E-state index < -0.39 is 0 Å². The van der Waals surface area contributed by atoms with Crippen molar-refractivity contribution in [2.24, 2.45) is 10.7 Å². The number of nitrogens with two attached hydrogens (primary N) is 1. The number of amidine groups is 2. The number of nitrogens with zero attached hydrogens (tertiary/aromatic N) is 1. The van der Waals surface area contributed by atoms with Gasteiger partial charge >= 0.3 is 0 Å². The lowest BCUT2D eigenvalue weighted by molar-refractivity contribution is 0.286. The van der Waals surface area contributed by atoms with Crippen LogP contribution in [0, 0.1) is 5.41 Å². The first-order valence-corrected chi connectivity index (χ1v) is 13.9. The molecule has 0 amide bonds. The van der Waals surface area contributed by atoms with Gasteiger partial charge in [-0.3, -0.25) is 5.41 Å². The van der Waals surface area contributed by atoms with Crippen LogP contribution in [0.15, 0.2) is 66.7 Å². The summed E-state index contributed by atoms with van der Waals surface area (Å²) >= 11 is 0. The maximum atomic E-state index is 8.46. The predicted molar refractivity (Wildman–Crippen MR) is 167 cm³/mol. The number of ether oxygens (including phenoxy) is 4. The van der Waals surface area contributed by atoms with Crippen molar-refractivity contribution in [1.29, 1.82) is 5.41 Å². The summed E-state index contributed by atoms with van der Waals surface area (Å²) in [6.07, 6.45) is 8.80. The van der Waals surface area contributed by atoms with Crippen LogP contribution < -0.4 is 24.7 Å². The van der Waals surface area contributed by atoms with Crippen LogP contribution in [-0.2, 0) is 12.8 Å². The number of unbranched alkanes of at least 4 members (excludes halogenated alkanes) is 2. The van der Waals surface area contributed by atoms with Gasteiger partial charge in [-0.2, -0.15) is 0 Å². The monoisotopic (exact) mass is 553 g/mol. The number of methoxy groups -OCH3 is 2. The summed E-state index contributed by atoms with van der Waals surface area (Å²) in [6.45, 7) is 8.75. The highest BCUT2D eigenvalue weighted by Gasteiger charge is 2.24. The molecule has 0 fully saturated rings. The molecule has 0 spiro atoms. The van der Waals surface area contributed by atoms with Crippen LogP contribution in [0.2, 0.25) is 0 Å². The van der Waals surface area contributed by atoms with Crippen molar-refractivity contribution in [3.63, 3.8) is 0 Å². The minimum Gasteiger partial charge on any atom is -0.493 e. The summed E-state index contributed by atoms with van der Waals surface area (Å²) in [4.78, 5) is 4.30. The molecule has 0 radical (unpaired) electrons. The van der Waals surface area contributed by atoms with Gasteiger partial charge in [-0.1, -0.05) is 49.6 Å². The summed E-state index contributed by atoms with van der Waals surface area (Å²) in [5, 5.41) is 8.46. The smallest absolute Gasteiger partial charge is 0.161 e. The number of rotatable bonds is 16. The van der Waals surface area contributed by atoms with Crippen LogP contribution in [0.3, 0.4) is 0 Å². The fourth-order valence-corrected chi connectivity index (χ4v) is 4.96. The number of aryl methyl sites for hydroxylation is 2. The Morgan fingerprint density at radius 2 is 1.20 bits per heavy atom. The topological polar surface area (TPSA) is 99.2 Å². The SMILES string of the molecule is C=Cc1ccc(OCCCCc2ccc(CCCCOc3ccc(C=C)cc3OC)c3c2C(=N)N=C3N)c(OC)c1. The van der Waals surface area contributed by atoms with Crippen LogP contribution in [0.1, 0.15) is 59.1 Å². The molecule has 3 N–H and O–H groups in total. The molecule has 0 aromatic heterocycles. The second kappa shape index (κ2) is 14.2. The van der Waals surface area contributed by atoms with E-state index in [1.165, 1.54) is 0 Å². The molecule has 7 nitrogen and oxygen atoms in total. The Hall–Kier alpha value is -4.52. The zero-order valence-corrected chi connectivity index (χ0v) is 24.0. The number of benzene rings is 3. The molecule has 0 aliphatic carbocycles. The lowest BCUT2D eigenvalue weighted by Crippen LogP contribution is -2.15. The van der Waals surface area contributed by atoms with Gasteiger partial charge in [-0.25, -0.2) is 4.99 Å². The molecule has 1 heterocycles. The Labute approximate surface area is 242 Å². The Morgan fingerprint density at radius 1 is 0.707 bits per heavy atom. The van der Waals surface area contributed by atoms with Crippen molar-refractivity contribution >= 4 is 23.8 Å². The van der Waals surface area contributed by atoms with Crippen LogP contribution in [0.4, 0.5) is 0 Å². The molecule has 0 unspecified atom stereocenters. The number of fused-ring (bicyclic) bond motifs is 1. The third-order valence-corrected chi connectivity index (χ3v) is 7.15. The van der Waals surface area contributed by atoms with Gasteiger partial charge in [0.15, 0.2) is 28.8 Å². The van der Waals surface area contributed by atoms with E-state index in [2.05, 4.69) is 30.3 Å². The molecule has 0 atom stereocenters. The normalized spacial score (nSPS) is 12.0. The van der Waals surface area contributed by atoms with E-state index in [9.17, 15) is 0 Å². The van der Waals surface area contributed by atoms with Crippen molar-refractivity contribution in [2.75, 3.05) is 27.4 Å². The fraction of sp³-hybridized carbons (Fsp3) is 0.294. The molecule has 1 aliphatic rings. The zero-order valence-electron chi connectivity index (χ0n) is 24.0. The van der Waals surface area contributed by atoms with E-state index in [0.29, 0.717) is 30.5 Å². The molecule has 214 valence electrons. The van der Waals surface area contributed by atoms with Crippen LogP contribution in [-0.4, -0.2) is 39.1 Å². The Kier molecular flexibility index (Phi) is 10.2. The van der Waals surface area contributed by atoms with Gasteiger partial charge in [0.05, 0.1) is 27.4 Å². The van der Waals surface area contributed by atoms with E-state index in [1.807, 2.05) is 36.4 Å². The Balaban J connectivity index is 1.29. The van der Waals surface area contributed by atoms with Gasteiger partial charge in [0.2, 0.25) is 0 Å². The first kappa shape index (κ1) is 29.5. The third kappa shape index (κ3) is 7.17. The summed E-state index contributed by atoms with van der Waals surface area (Å²) < 4.78 is 22.8. The molecule has 41 heavy (non-hydrogen) atoms. The summed E-state index contributed by atoms with van der Waals surface area (Å²) in [7, 11) is 3.27. The second-order valence-electron chi connectivity index (χ2n) is 9.82. The molecule has 0 saturated heterocycles. The maximum Gasteiger partial charge on any atom is 0.161 e. The third-order valence-electron chi connectivity index (χ3n) is 7.15. The molecule has 1 aliphatic heterocycles. The van der Waals surface area contributed by atoms with E-state index in [-0.39, 0.29) is 5.84 Å². The minimum atomic E-state index is 0.246. The lowest BCUT2D eigenvalue weighted by atomic mass is 9.91. The van der Waals surface area contributed by atoms with Crippen LogP contribution in [0.5, 0.6) is 23.0 Å². The summed E-state index contributed by atoms with van der Waals surface area (Å²) in [5.41, 5.74) is 12.3. The van der Waals surface area contributed by atoms with Crippen molar-refractivity contribution < 1.29 is 18.9 Å². The average molecular weight is 554 g/mol. The molecule has 4 rings (SSSR count). The average Bonchev–Trinajstić information content (AvgIpc) is 3.31. The van der Waals surface area contributed by atoms with Gasteiger partial charge in [-0.15, -0.1) is 0 Å². The zero-order chi connectivity index (χ0) is 29.2. The molecule has 3 aromatic rings. The Bertz CT molecular complexity index is 1440. The number of hydrogen-bond donors (Lipinski definition) is 2. The van der Waals surface area contributed by atoms with E-state index in [1.54, 1.807) is 26.4 Å². The highest BCUT2D eigenvalue weighted by Crippen LogP contribution is 2.31. The van der Waals surface area contributed by atoms with Gasteiger partial charge in [0.25, 0.3) is 0 Å². The quantitative estimate of drug-likeness (QED) is 0.189. The van der Waals surface area contributed by atoms with Crippen molar-refractivity contribution in [3.05, 3.63) is 95.1 Å². The number of nitrogens with one attached hydrogen (secondary N) is 1. The summed E-state index contributed by atoms with van der Waals surface area (Å²) in [6, 6.07) is 15.8. The van der Waals surface area contributed by atoms with Crippen LogP contribution >= 0.6 is 0 Å². The minimum absolute atomic E-state index is 0.246. The predicted octanol–water partition coefficient (Wildman–Crippen LogP) is 6.84. The molecule has 3 aromatic carbocycles. The van der Waals surface area contributed by atoms with Gasteiger partial charge in [0, 0.05) is 11.1 Å². The van der Waals surface area contributed by atoms with Crippen LogP contribution in [0.25, 0.3) is 12.2 Å². The molecular weight excluding hydrogens is 514 g/mol. The first-order valence-electron chi connectivity index (χ1n) is 13.9. The van der Waals surface area contributed by atoms with Gasteiger partial charge in [0.1, 0.15) is 5.84 Å². The first-order chi connectivity index (χ1) is 20.0. The van der Waals surface area contributed by atoms with Crippen molar-refractivity contribution in [1.82, 2.24) is 0 Å². The maximum absolute atomic E-state index is 8.46. The highest BCUT2D eigenvalue weighted by molar-refractivity contribution is 6.22. The number of aliphatic imine (C=N–C) groups is 1. The number of hydrogen-bond acceptors (Lipinski definition) is 6. The molecule has 0 bridgehead atoms. The van der Waals surface area contributed by atoms with E-state index >= 15 is 0 Å². The highest BCUT2D eigenvalue weighted by atomic mass is 16.5. The second-order valence-corrected chi connectivity index (χ2v) is 9.82. The van der Waals surface area contributed by atoms with E-state index in [0.717, 1.165) is 83.4 Å². The van der Waals surface area contributed by atoms with Gasteiger partial charge in [-0.05, 0) is 85.0 Å². The molecule has 0 saturated carbocycles. The summed E-state index contributed by atoms with van der Waals surface area (Å²) in [5.74, 6) is 3.53. The molecular formula is C34H39N3O4. The standard InChI is InChI=1S/C34H39N3O4/c1-5-23-13-17-27(29(21-23)38-3)40-19-9-7-11-25-15-16-26(32-31(25)33(35)37-34(32)36)12-8-10-20-41-28-18-14-24(6-2)22-30(28)39-4/h5-6,13-18,21-22H,1-2,7-12,19-20H2,3-4H3,(H3,35,36,37). The van der Waals surface area contributed by atoms with Crippen molar-refractivity contribution in [3.8, 4) is 23.0 Å². The fourth-order valence-electron chi connectivity index (χ4n) is 4.96. The molecule has 7 heteroatoms. The van der Waals surface area contributed by atoms with Gasteiger partial charge < -0.3 is 24.7 Å². The lowest BCUT2D eigenvalue weighted by Gasteiger charge is -2.14. The van der Waals surface area contributed by atoms with Crippen molar-refractivity contribution in [2.45, 2.75) is 38.5 Å². The van der Waals surface area contributed by atoms with E-state index in [4.69, 9.17) is 30.1 Å².